The van der Waals surface area contributed by atoms with Crippen molar-refractivity contribution in [3.8, 4) is 0 Å². The van der Waals surface area contributed by atoms with E-state index in [0.29, 0.717) is 5.16 Å². The van der Waals surface area contributed by atoms with Gasteiger partial charge in [0.1, 0.15) is 0 Å². The summed E-state index contributed by atoms with van der Waals surface area (Å²) in [4.78, 5) is 0. The Kier molecular flexibility index (Phi) is 4.30. The maximum atomic E-state index is 2.49. The second-order valence-electron chi connectivity index (χ2n) is 6.17. The molecule has 98 valence electrons. The van der Waals surface area contributed by atoms with Crippen LogP contribution in [0.4, 0.5) is 0 Å². The minimum atomic E-state index is -0.00952. The zero-order chi connectivity index (χ0) is 13.5. The average Bonchev–Trinajstić information content (AvgIpc) is 2.34. The zero-order valence-corrected chi connectivity index (χ0v) is 14.0. The summed E-state index contributed by atoms with van der Waals surface area (Å²) in [5.74, 6) is 0. The van der Waals surface area contributed by atoms with Crippen LogP contribution in [0, 0.1) is 0 Å². The lowest BCUT2D eigenvalue weighted by molar-refractivity contribution is 0.816. The largest absolute Gasteiger partial charge is 0.0868 e. The summed E-state index contributed by atoms with van der Waals surface area (Å²) < 4.78 is 0. The van der Waals surface area contributed by atoms with Crippen LogP contribution in [0.2, 0.25) is 0 Å². The van der Waals surface area contributed by atoms with E-state index in [1.54, 1.807) is 22.3 Å². The molecule has 0 atom stereocenters. The van der Waals surface area contributed by atoms with Gasteiger partial charge in [0.05, 0.1) is 0 Å². The van der Waals surface area contributed by atoms with E-state index in [1.807, 2.05) is 0 Å². The third-order valence-corrected chi connectivity index (χ3v) is 8.71. The first-order valence-corrected chi connectivity index (χ1v) is 8.28. The fraction of sp³-hybridized carbons (Fsp3) is 0.750. The van der Waals surface area contributed by atoms with Gasteiger partial charge in [0.2, 0.25) is 0 Å². The summed E-state index contributed by atoms with van der Waals surface area (Å²) in [7, 11) is -0.00952. The minimum absolute atomic E-state index is 0.00952. The Hall–Kier alpha value is -0.0900. The normalized spacial score (nSPS) is 20.5. The molecule has 0 spiro atoms. The molecule has 1 heteroatoms. The predicted molar refractivity (Wildman–Crippen MR) is 82.3 cm³/mol. The Balaban J connectivity index is 3.37. The molecular formula is C16H29P. The summed E-state index contributed by atoms with van der Waals surface area (Å²) in [6.45, 7) is 21.4. The molecule has 0 bridgehead atoms. The molecule has 0 aliphatic heterocycles. The van der Waals surface area contributed by atoms with Crippen LogP contribution in [0.15, 0.2) is 22.3 Å². The smallest absolute Gasteiger partial charge is 0.0303 e. The molecule has 0 nitrogen and oxygen atoms in total. The Morgan fingerprint density at radius 1 is 0.765 bits per heavy atom. The Morgan fingerprint density at radius 2 is 1.06 bits per heavy atom. The van der Waals surface area contributed by atoms with Crippen LogP contribution < -0.4 is 0 Å². The molecular weight excluding hydrogens is 223 g/mol. The summed E-state index contributed by atoms with van der Waals surface area (Å²) in [6, 6.07) is 0. The molecule has 0 saturated heterocycles. The lowest BCUT2D eigenvalue weighted by atomic mass is 9.98. The molecule has 0 radical (unpaired) electrons. The van der Waals surface area contributed by atoms with Gasteiger partial charge < -0.3 is 0 Å². The van der Waals surface area contributed by atoms with Gasteiger partial charge in [-0.05, 0) is 57.1 Å². The van der Waals surface area contributed by atoms with Crippen LogP contribution in [0.5, 0.6) is 0 Å². The van der Waals surface area contributed by atoms with Crippen molar-refractivity contribution >= 4 is 7.92 Å². The number of hydrogen-bond donors (Lipinski definition) is 0. The van der Waals surface area contributed by atoms with E-state index in [2.05, 4.69) is 62.3 Å². The molecule has 0 amide bonds. The second kappa shape index (κ2) is 4.88. The standard InChI is InChI=1S/C16H29P/c1-10(2)17(11(3)4)16(9)14(7)12(5)13(6)15(16)8/h10-11H,1-9H3. The second-order valence-corrected chi connectivity index (χ2v) is 9.94. The Bertz CT molecular complexity index is 337. The average molecular weight is 252 g/mol. The first-order valence-electron chi connectivity index (χ1n) is 6.80. The molecule has 0 aromatic carbocycles. The van der Waals surface area contributed by atoms with E-state index in [1.165, 1.54) is 0 Å². The molecule has 1 rings (SSSR count). The third-order valence-electron chi connectivity index (χ3n) is 4.78. The quantitative estimate of drug-likeness (QED) is 0.563. The van der Waals surface area contributed by atoms with Crippen molar-refractivity contribution in [3.63, 3.8) is 0 Å². The van der Waals surface area contributed by atoms with Crippen LogP contribution in [-0.4, -0.2) is 16.5 Å². The highest BCUT2D eigenvalue weighted by Crippen LogP contribution is 2.66. The topological polar surface area (TPSA) is 0 Å². The van der Waals surface area contributed by atoms with Gasteiger partial charge >= 0.3 is 0 Å². The van der Waals surface area contributed by atoms with Gasteiger partial charge in [-0.1, -0.05) is 46.8 Å². The van der Waals surface area contributed by atoms with E-state index in [-0.39, 0.29) is 7.92 Å². The van der Waals surface area contributed by atoms with E-state index >= 15 is 0 Å². The van der Waals surface area contributed by atoms with Crippen LogP contribution >= 0.6 is 7.92 Å². The van der Waals surface area contributed by atoms with Gasteiger partial charge in [0.25, 0.3) is 0 Å². The lowest BCUT2D eigenvalue weighted by Gasteiger charge is -2.43. The molecule has 0 saturated carbocycles. The number of hydrogen-bond acceptors (Lipinski definition) is 0. The summed E-state index contributed by atoms with van der Waals surface area (Å²) >= 11 is 0. The van der Waals surface area contributed by atoms with Gasteiger partial charge in [0, 0.05) is 5.16 Å². The Morgan fingerprint density at radius 3 is 1.29 bits per heavy atom. The SMILES string of the molecule is CC1=C(C)C(C)(P(C(C)C)C(C)C)C(C)=C1C. The molecule has 0 aromatic heterocycles. The molecule has 1 aliphatic rings. The molecule has 0 aromatic rings. The molecule has 17 heavy (non-hydrogen) atoms. The molecule has 0 N–H and O–H groups in total. The van der Waals surface area contributed by atoms with Crippen molar-refractivity contribution in [2.24, 2.45) is 0 Å². The predicted octanol–water partition coefficient (Wildman–Crippen LogP) is 5.73. The van der Waals surface area contributed by atoms with Crippen LogP contribution in [-0.2, 0) is 0 Å². The van der Waals surface area contributed by atoms with E-state index in [9.17, 15) is 0 Å². The van der Waals surface area contributed by atoms with Crippen molar-refractivity contribution in [1.29, 1.82) is 0 Å². The van der Waals surface area contributed by atoms with E-state index in [0.717, 1.165) is 11.3 Å². The van der Waals surface area contributed by atoms with Gasteiger partial charge in [-0.25, -0.2) is 0 Å². The van der Waals surface area contributed by atoms with Crippen molar-refractivity contribution in [2.75, 3.05) is 0 Å². The highest BCUT2D eigenvalue weighted by molar-refractivity contribution is 7.61. The van der Waals surface area contributed by atoms with Gasteiger partial charge in [-0.3, -0.25) is 0 Å². The van der Waals surface area contributed by atoms with E-state index in [4.69, 9.17) is 0 Å². The van der Waals surface area contributed by atoms with Crippen LogP contribution in [0.1, 0.15) is 62.3 Å². The van der Waals surface area contributed by atoms with Gasteiger partial charge in [-0.2, -0.15) is 0 Å². The van der Waals surface area contributed by atoms with E-state index < -0.39 is 0 Å². The maximum absolute atomic E-state index is 2.49. The minimum Gasteiger partial charge on any atom is -0.0868 e. The summed E-state index contributed by atoms with van der Waals surface area (Å²) in [5, 5.41) is 0.339. The van der Waals surface area contributed by atoms with Crippen molar-refractivity contribution < 1.29 is 0 Å². The molecule has 0 heterocycles. The summed E-state index contributed by atoms with van der Waals surface area (Å²) in [6.07, 6.45) is 0. The van der Waals surface area contributed by atoms with Crippen LogP contribution in [0.25, 0.3) is 0 Å². The fourth-order valence-electron chi connectivity index (χ4n) is 3.59. The first-order chi connectivity index (χ1) is 7.65. The monoisotopic (exact) mass is 252 g/mol. The maximum Gasteiger partial charge on any atom is 0.0303 e. The number of allylic oxidation sites excluding steroid dienone is 4. The zero-order valence-electron chi connectivity index (χ0n) is 13.1. The van der Waals surface area contributed by atoms with Crippen LogP contribution in [0.3, 0.4) is 0 Å². The molecule has 0 fully saturated rings. The van der Waals surface area contributed by atoms with Crippen molar-refractivity contribution in [1.82, 2.24) is 0 Å². The number of rotatable bonds is 3. The van der Waals surface area contributed by atoms with Crippen molar-refractivity contribution in [2.45, 2.75) is 78.8 Å². The molecule has 1 aliphatic carbocycles. The lowest BCUT2D eigenvalue weighted by Crippen LogP contribution is -2.30. The van der Waals surface area contributed by atoms with Gasteiger partial charge in [0.15, 0.2) is 0 Å². The fourth-order valence-corrected chi connectivity index (χ4v) is 7.96. The van der Waals surface area contributed by atoms with Crippen molar-refractivity contribution in [3.05, 3.63) is 22.3 Å². The highest BCUT2D eigenvalue weighted by Gasteiger charge is 2.44. The Labute approximate surface area is 109 Å². The van der Waals surface area contributed by atoms with Gasteiger partial charge in [-0.15, -0.1) is 0 Å². The molecule has 0 unspecified atom stereocenters. The highest BCUT2D eigenvalue weighted by atomic mass is 31.1. The first kappa shape index (κ1) is 15.0. The third kappa shape index (κ3) is 2.14. The summed E-state index contributed by atoms with van der Waals surface area (Å²) in [5.41, 5.74) is 7.91.